The number of rotatable bonds is 7. The van der Waals surface area contributed by atoms with Crippen molar-refractivity contribution in [3.8, 4) is 5.75 Å². The molecule has 246 valence electrons. The molecule has 17 heteroatoms. The van der Waals surface area contributed by atoms with Gasteiger partial charge in [0.2, 0.25) is 0 Å². The topological polar surface area (TPSA) is 85.9 Å². The van der Waals surface area contributed by atoms with E-state index in [9.17, 15) is 36.3 Å². The quantitative estimate of drug-likeness (QED) is 0.199. The summed E-state index contributed by atoms with van der Waals surface area (Å²) in [6, 6.07) is 6.19. The van der Waals surface area contributed by atoms with Crippen molar-refractivity contribution in [1.82, 2.24) is 14.8 Å². The second-order valence-corrected chi connectivity index (χ2v) is 12.9. The van der Waals surface area contributed by atoms with E-state index in [1.165, 1.54) is 29.0 Å². The number of nitrogens with one attached hydrogen (secondary N) is 1. The normalized spacial score (nSPS) is 15.4. The molecule has 8 nitrogen and oxygen atoms in total. The average molecular weight is 726 g/mol. The standard InChI is InChI=1S/C29H24Cl3F5N4O4S/c1-14-16-12-40(11-15(16)9-19(23(14)45-2)41-8-4-7-39(27(41)44)13-28(33,34)35)26(43)22-20(10-21(29(32,36)37)38-25(22)42)46-24-17(30)5-3-6-18(24)31/h3,5-6,9-10H,4,7-8,11-13H2,1-2H3,(H,38,42). The Labute approximate surface area is 278 Å². The van der Waals surface area contributed by atoms with Gasteiger partial charge in [0.05, 0.1) is 22.8 Å². The van der Waals surface area contributed by atoms with Crippen LogP contribution in [0.1, 0.15) is 39.2 Å². The van der Waals surface area contributed by atoms with Crippen LogP contribution in [0.3, 0.4) is 0 Å². The zero-order chi connectivity index (χ0) is 33.7. The zero-order valence-corrected chi connectivity index (χ0v) is 27.1. The summed E-state index contributed by atoms with van der Waals surface area (Å²) in [4.78, 5) is 45.6. The van der Waals surface area contributed by atoms with Crippen molar-refractivity contribution in [3.05, 3.63) is 78.7 Å². The predicted octanol–water partition coefficient (Wildman–Crippen LogP) is 7.79. The summed E-state index contributed by atoms with van der Waals surface area (Å²) in [5.41, 5.74) is -0.557. The zero-order valence-electron chi connectivity index (χ0n) is 24.0. The monoisotopic (exact) mass is 724 g/mol. The number of aromatic nitrogens is 1. The van der Waals surface area contributed by atoms with Crippen LogP contribution < -0.4 is 15.2 Å². The van der Waals surface area contributed by atoms with Crippen molar-refractivity contribution in [3.63, 3.8) is 0 Å². The molecule has 3 aromatic rings. The first kappa shape index (κ1) is 34.1. The number of carbonyl (C=O) groups is 2. The molecule has 0 bridgehead atoms. The van der Waals surface area contributed by atoms with Crippen LogP contribution in [-0.4, -0.2) is 59.6 Å². The lowest BCUT2D eigenvalue weighted by Crippen LogP contribution is -2.52. The molecule has 1 saturated heterocycles. The molecule has 2 aliphatic heterocycles. The Hall–Kier alpha value is -3.20. The smallest absolute Gasteiger partial charge is 0.406 e. The van der Waals surface area contributed by atoms with Crippen molar-refractivity contribution in [2.75, 3.05) is 31.6 Å². The van der Waals surface area contributed by atoms with Crippen molar-refractivity contribution in [2.24, 2.45) is 0 Å². The van der Waals surface area contributed by atoms with E-state index in [1.54, 1.807) is 19.1 Å². The summed E-state index contributed by atoms with van der Waals surface area (Å²) in [6.45, 7) is 0.273. The van der Waals surface area contributed by atoms with E-state index < -0.39 is 46.9 Å². The van der Waals surface area contributed by atoms with Gasteiger partial charge in [0.1, 0.15) is 23.6 Å². The number of benzene rings is 2. The number of alkyl halides is 6. The minimum atomic E-state index is -4.58. The Kier molecular flexibility index (Phi) is 9.48. The lowest BCUT2D eigenvalue weighted by Gasteiger charge is -2.37. The van der Waals surface area contributed by atoms with E-state index >= 15 is 0 Å². The highest BCUT2D eigenvalue weighted by Gasteiger charge is 2.39. The number of hydrogen-bond donors (Lipinski definition) is 1. The number of ether oxygens (including phenoxy) is 1. The molecule has 2 aromatic carbocycles. The van der Waals surface area contributed by atoms with Gasteiger partial charge >= 0.3 is 17.6 Å². The van der Waals surface area contributed by atoms with Crippen LogP contribution in [0.25, 0.3) is 0 Å². The molecule has 0 unspecified atom stereocenters. The van der Waals surface area contributed by atoms with Crippen molar-refractivity contribution in [2.45, 2.75) is 47.8 Å². The van der Waals surface area contributed by atoms with Gasteiger partial charge in [0.25, 0.3) is 11.5 Å². The van der Waals surface area contributed by atoms with Gasteiger partial charge in [-0.3, -0.25) is 14.5 Å². The number of fused-ring (bicyclic) bond motifs is 1. The average Bonchev–Trinajstić information content (AvgIpc) is 3.39. The Morgan fingerprint density at radius 2 is 1.74 bits per heavy atom. The molecule has 3 heterocycles. The molecule has 1 N–H and O–H groups in total. The van der Waals surface area contributed by atoms with E-state index in [-0.39, 0.29) is 63.9 Å². The summed E-state index contributed by atoms with van der Waals surface area (Å²) >= 11 is 18.5. The molecule has 1 aromatic heterocycles. The van der Waals surface area contributed by atoms with Gasteiger partial charge in [-0.1, -0.05) is 41.0 Å². The van der Waals surface area contributed by atoms with E-state index in [0.717, 1.165) is 17.8 Å². The Morgan fingerprint density at radius 1 is 1.07 bits per heavy atom. The fraction of sp³-hybridized carbons (Fsp3) is 0.345. The third-order valence-electron chi connectivity index (χ3n) is 7.55. The van der Waals surface area contributed by atoms with E-state index in [4.69, 9.17) is 39.5 Å². The van der Waals surface area contributed by atoms with Gasteiger partial charge < -0.3 is 19.5 Å². The first-order valence-corrected chi connectivity index (χ1v) is 15.5. The number of carbonyl (C=O) groups excluding carboxylic acids is 2. The molecule has 0 aliphatic carbocycles. The number of aromatic amines is 1. The molecular formula is C29H24Cl3F5N4O4S. The SMILES string of the molecule is COc1c(N2CCCN(CC(F)(F)F)C2=O)cc2c(c1C)CN(C(=O)c1c(Sc3c(Cl)cccc3Cl)cc(C(F)(F)Cl)[nH]c1=O)C2. The van der Waals surface area contributed by atoms with Crippen molar-refractivity contribution < 1.29 is 36.3 Å². The Morgan fingerprint density at radius 3 is 2.35 bits per heavy atom. The minimum Gasteiger partial charge on any atom is -0.494 e. The third-order valence-corrected chi connectivity index (χ3v) is 9.79. The number of anilines is 1. The third kappa shape index (κ3) is 6.76. The highest BCUT2D eigenvalue weighted by Crippen LogP contribution is 2.44. The number of amides is 3. The Bertz CT molecular complexity index is 1760. The number of nitrogens with zero attached hydrogens (tertiary/aromatic N) is 3. The molecule has 1 fully saturated rings. The maximum atomic E-state index is 14.1. The first-order chi connectivity index (χ1) is 21.5. The number of H-pyrrole nitrogens is 1. The second-order valence-electron chi connectivity index (χ2n) is 10.6. The first-order valence-electron chi connectivity index (χ1n) is 13.6. The molecule has 0 saturated carbocycles. The lowest BCUT2D eigenvalue weighted by atomic mass is 10.0. The van der Waals surface area contributed by atoms with E-state index in [2.05, 4.69) is 0 Å². The molecule has 0 spiro atoms. The molecule has 46 heavy (non-hydrogen) atoms. The fourth-order valence-electron chi connectivity index (χ4n) is 5.49. The van der Waals surface area contributed by atoms with Crippen molar-refractivity contribution in [1.29, 1.82) is 0 Å². The summed E-state index contributed by atoms with van der Waals surface area (Å²) in [7, 11) is 1.36. The summed E-state index contributed by atoms with van der Waals surface area (Å²) in [5.74, 6) is -0.565. The predicted molar refractivity (Wildman–Crippen MR) is 164 cm³/mol. The van der Waals surface area contributed by atoms with E-state index in [1.807, 2.05) is 4.98 Å². The van der Waals surface area contributed by atoms with Gasteiger partial charge in [0, 0.05) is 36.0 Å². The molecule has 3 amide bonds. The van der Waals surface area contributed by atoms with Gasteiger partial charge in [-0.25, -0.2) is 4.79 Å². The number of hydrogen-bond acceptors (Lipinski definition) is 5. The number of urea groups is 1. The summed E-state index contributed by atoms with van der Waals surface area (Å²) < 4.78 is 73.2. The van der Waals surface area contributed by atoms with Gasteiger partial charge in [-0.05, 0) is 65.9 Å². The largest absolute Gasteiger partial charge is 0.494 e. The number of halogens is 8. The van der Waals surface area contributed by atoms with Crippen LogP contribution in [0, 0.1) is 6.92 Å². The van der Waals surface area contributed by atoms with Gasteiger partial charge in [-0.15, -0.1) is 0 Å². The lowest BCUT2D eigenvalue weighted by molar-refractivity contribution is -0.140. The van der Waals surface area contributed by atoms with Crippen LogP contribution in [0.2, 0.25) is 10.0 Å². The molecular weight excluding hydrogens is 702 g/mol. The molecule has 2 aliphatic rings. The molecule has 0 radical (unpaired) electrons. The van der Waals surface area contributed by atoms with Crippen LogP contribution >= 0.6 is 46.6 Å². The van der Waals surface area contributed by atoms with Crippen LogP contribution in [0.5, 0.6) is 5.75 Å². The van der Waals surface area contributed by atoms with Gasteiger partial charge in [-0.2, -0.15) is 22.0 Å². The highest BCUT2D eigenvalue weighted by atomic mass is 35.5. The maximum absolute atomic E-state index is 14.1. The number of pyridine rings is 1. The van der Waals surface area contributed by atoms with Crippen LogP contribution in [0.15, 0.2) is 44.9 Å². The molecule has 0 atom stereocenters. The van der Waals surface area contributed by atoms with Gasteiger partial charge in [0.15, 0.2) is 0 Å². The van der Waals surface area contributed by atoms with E-state index in [0.29, 0.717) is 21.6 Å². The fourth-order valence-corrected chi connectivity index (χ4v) is 7.23. The van der Waals surface area contributed by atoms with Crippen molar-refractivity contribution >= 4 is 64.2 Å². The number of methoxy groups -OCH3 is 1. The highest BCUT2D eigenvalue weighted by molar-refractivity contribution is 7.99. The second kappa shape index (κ2) is 12.8. The molecule has 5 rings (SSSR count). The summed E-state index contributed by atoms with van der Waals surface area (Å²) in [6.07, 6.45) is -4.30. The maximum Gasteiger partial charge on any atom is 0.406 e. The minimum absolute atomic E-state index is 0.0192. The Balaban J connectivity index is 1.52. The summed E-state index contributed by atoms with van der Waals surface area (Å²) in [5, 5.41) is -3.66. The van der Waals surface area contributed by atoms with Crippen LogP contribution in [0.4, 0.5) is 32.4 Å². The van der Waals surface area contributed by atoms with Crippen LogP contribution in [-0.2, 0) is 18.5 Å².